The summed E-state index contributed by atoms with van der Waals surface area (Å²) in [6.07, 6.45) is 1.08. The lowest BCUT2D eigenvalue weighted by Crippen LogP contribution is -2.13. The van der Waals surface area contributed by atoms with Crippen LogP contribution in [0.15, 0.2) is 61.2 Å². The summed E-state index contributed by atoms with van der Waals surface area (Å²) in [5.74, 6) is -0.436. The van der Waals surface area contributed by atoms with Gasteiger partial charge in [0.1, 0.15) is 12.7 Å². The van der Waals surface area contributed by atoms with E-state index in [-0.39, 0.29) is 12.7 Å². The van der Waals surface area contributed by atoms with E-state index >= 15 is 0 Å². The minimum Gasteiger partial charge on any atom is -0.460 e. The van der Waals surface area contributed by atoms with Crippen LogP contribution in [0.3, 0.4) is 0 Å². The maximum atomic E-state index is 10.9. The van der Waals surface area contributed by atoms with Gasteiger partial charge < -0.3 is 14.2 Å². The SMILES string of the molecule is C=CC(=O)OCCOCCOC1c2ccccc2-c2ccccc21. The van der Waals surface area contributed by atoms with Gasteiger partial charge in [0.2, 0.25) is 0 Å². The number of carbonyl (C=O) groups excluding carboxylic acids is 1. The Kier molecular flexibility index (Phi) is 5.41. The molecule has 1 aliphatic carbocycles. The lowest BCUT2D eigenvalue weighted by molar-refractivity contribution is -0.139. The van der Waals surface area contributed by atoms with E-state index in [0.717, 1.165) is 6.08 Å². The summed E-state index contributed by atoms with van der Waals surface area (Å²) in [4.78, 5) is 10.9. The molecule has 4 heteroatoms. The molecule has 0 heterocycles. The molecule has 1 aliphatic rings. The largest absolute Gasteiger partial charge is 0.460 e. The first-order chi connectivity index (χ1) is 11.8. The van der Waals surface area contributed by atoms with E-state index in [9.17, 15) is 4.79 Å². The van der Waals surface area contributed by atoms with Crippen molar-refractivity contribution in [1.29, 1.82) is 0 Å². The van der Waals surface area contributed by atoms with Crippen LogP contribution in [0, 0.1) is 0 Å². The van der Waals surface area contributed by atoms with E-state index in [1.807, 2.05) is 24.3 Å². The Morgan fingerprint density at radius 1 is 0.917 bits per heavy atom. The lowest BCUT2D eigenvalue weighted by Gasteiger charge is -2.15. The number of hydrogen-bond acceptors (Lipinski definition) is 4. The fourth-order valence-electron chi connectivity index (χ4n) is 2.88. The van der Waals surface area contributed by atoms with E-state index in [1.165, 1.54) is 22.3 Å². The standard InChI is InChI=1S/C20H20O4/c1-2-19(21)23-13-11-22-12-14-24-20-17-9-5-3-7-15(17)16-8-4-6-10-18(16)20/h2-10,20H,1,11-14H2. The molecule has 2 aromatic rings. The third-order valence-electron chi connectivity index (χ3n) is 3.93. The second kappa shape index (κ2) is 7.90. The molecule has 2 aromatic carbocycles. The van der Waals surface area contributed by atoms with E-state index < -0.39 is 5.97 Å². The second-order valence-electron chi connectivity index (χ2n) is 5.41. The topological polar surface area (TPSA) is 44.8 Å². The number of carbonyl (C=O) groups is 1. The number of hydrogen-bond donors (Lipinski definition) is 0. The van der Waals surface area contributed by atoms with Crippen molar-refractivity contribution < 1.29 is 19.0 Å². The Labute approximate surface area is 141 Å². The molecule has 0 amide bonds. The molecule has 0 fully saturated rings. The van der Waals surface area contributed by atoms with Gasteiger partial charge in [0.15, 0.2) is 0 Å². The van der Waals surface area contributed by atoms with Crippen molar-refractivity contribution in [2.45, 2.75) is 6.10 Å². The van der Waals surface area contributed by atoms with Crippen LogP contribution in [0.1, 0.15) is 17.2 Å². The minimum atomic E-state index is -0.436. The number of fused-ring (bicyclic) bond motifs is 3. The molecule has 3 rings (SSSR count). The first kappa shape index (κ1) is 16.4. The van der Waals surface area contributed by atoms with Crippen molar-refractivity contribution in [1.82, 2.24) is 0 Å². The summed E-state index contributed by atoms with van der Waals surface area (Å²) in [5.41, 5.74) is 4.85. The molecule has 0 atom stereocenters. The van der Waals surface area contributed by atoms with Crippen molar-refractivity contribution in [3.63, 3.8) is 0 Å². The highest BCUT2D eigenvalue weighted by molar-refractivity contribution is 5.81. The van der Waals surface area contributed by atoms with E-state index in [1.54, 1.807) is 0 Å². The summed E-state index contributed by atoms with van der Waals surface area (Å²) in [7, 11) is 0. The quantitative estimate of drug-likeness (QED) is 0.423. The molecule has 0 saturated heterocycles. The van der Waals surface area contributed by atoms with Crippen LogP contribution in [0.2, 0.25) is 0 Å². The number of rotatable bonds is 8. The van der Waals surface area contributed by atoms with Crippen LogP contribution < -0.4 is 0 Å². The van der Waals surface area contributed by atoms with Crippen LogP contribution in [0.25, 0.3) is 11.1 Å². The minimum absolute atomic E-state index is 0.0559. The Balaban J connectivity index is 1.51. The highest BCUT2D eigenvalue weighted by atomic mass is 16.6. The van der Waals surface area contributed by atoms with E-state index in [4.69, 9.17) is 14.2 Å². The molecule has 0 saturated carbocycles. The van der Waals surface area contributed by atoms with Gasteiger partial charge in [0.25, 0.3) is 0 Å². The van der Waals surface area contributed by atoms with Crippen LogP contribution >= 0.6 is 0 Å². The van der Waals surface area contributed by atoms with Gasteiger partial charge in [-0.1, -0.05) is 55.1 Å². The molecule has 0 aliphatic heterocycles. The van der Waals surface area contributed by atoms with Crippen molar-refractivity contribution in [2.75, 3.05) is 26.4 Å². The summed E-state index contributed by atoms with van der Waals surface area (Å²) >= 11 is 0. The average Bonchev–Trinajstić information content (AvgIpc) is 2.95. The van der Waals surface area contributed by atoms with Crippen molar-refractivity contribution >= 4 is 5.97 Å². The zero-order valence-corrected chi connectivity index (χ0v) is 13.4. The Hall–Kier alpha value is -2.43. The average molecular weight is 324 g/mol. The lowest BCUT2D eigenvalue weighted by atomic mass is 10.1. The molecule has 0 spiro atoms. The van der Waals surface area contributed by atoms with Gasteiger partial charge in [0, 0.05) is 6.08 Å². The molecule has 0 aromatic heterocycles. The summed E-state index contributed by atoms with van der Waals surface area (Å²) in [5, 5.41) is 0. The van der Waals surface area contributed by atoms with E-state index in [0.29, 0.717) is 19.8 Å². The summed E-state index contributed by atoms with van der Waals surface area (Å²) < 4.78 is 16.3. The second-order valence-corrected chi connectivity index (χ2v) is 5.41. The van der Waals surface area contributed by atoms with Crippen LogP contribution in [0.4, 0.5) is 0 Å². The molecule has 124 valence electrons. The Morgan fingerprint density at radius 2 is 1.50 bits per heavy atom. The number of benzene rings is 2. The van der Waals surface area contributed by atoms with Gasteiger partial charge in [-0.15, -0.1) is 0 Å². The van der Waals surface area contributed by atoms with Crippen LogP contribution in [0.5, 0.6) is 0 Å². The normalized spacial score (nSPS) is 12.5. The maximum absolute atomic E-state index is 10.9. The van der Waals surface area contributed by atoms with Gasteiger partial charge in [0.05, 0.1) is 19.8 Å². The Morgan fingerprint density at radius 3 is 2.12 bits per heavy atom. The van der Waals surface area contributed by atoms with Gasteiger partial charge in [-0.2, -0.15) is 0 Å². The molecule has 0 bridgehead atoms. The van der Waals surface area contributed by atoms with Gasteiger partial charge in [-0.25, -0.2) is 4.79 Å². The molecule has 24 heavy (non-hydrogen) atoms. The van der Waals surface area contributed by atoms with Gasteiger partial charge in [-0.3, -0.25) is 0 Å². The highest BCUT2D eigenvalue weighted by Crippen LogP contribution is 2.44. The predicted molar refractivity (Wildman–Crippen MR) is 91.6 cm³/mol. The number of esters is 1. The smallest absolute Gasteiger partial charge is 0.330 e. The molecular formula is C20H20O4. The molecule has 0 radical (unpaired) electrons. The number of ether oxygens (including phenoxy) is 3. The monoisotopic (exact) mass is 324 g/mol. The molecule has 0 N–H and O–H groups in total. The fraction of sp³-hybridized carbons (Fsp3) is 0.250. The van der Waals surface area contributed by atoms with Crippen LogP contribution in [-0.2, 0) is 19.0 Å². The van der Waals surface area contributed by atoms with Crippen molar-refractivity contribution in [3.05, 3.63) is 72.3 Å². The van der Waals surface area contributed by atoms with E-state index in [2.05, 4.69) is 30.8 Å². The summed E-state index contributed by atoms with van der Waals surface area (Å²) in [6.45, 7) is 4.83. The first-order valence-electron chi connectivity index (χ1n) is 7.98. The predicted octanol–water partition coefficient (Wildman–Crippen LogP) is 3.52. The molecule has 0 unspecified atom stereocenters. The Bertz CT molecular complexity index is 678. The fourth-order valence-corrected chi connectivity index (χ4v) is 2.88. The highest BCUT2D eigenvalue weighted by Gasteiger charge is 2.28. The molecule has 4 nitrogen and oxygen atoms in total. The van der Waals surface area contributed by atoms with Gasteiger partial charge >= 0.3 is 5.97 Å². The van der Waals surface area contributed by atoms with Crippen LogP contribution in [-0.4, -0.2) is 32.4 Å². The third kappa shape index (κ3) is 3.55. The van der Waals surface area contributed by atoms with Crippen molar-refractivity contribution in [3.8, 4) is 11.1 Å². The van der Waals surface area contributed by atoms with Crippen molar-refractivity contribution in [2.24, 2.45) is 0 Å². The van der Waals surface area contributed by atoms with Gasteiger partial charge in [-0.05, 0) is 22.3 Å². The molecular weight excluding hydrogens is 304 g/mol. The first-order valence-corrected chi connectivity index (χ1v) is 7.98. The summed E-state index contributed by atoms with van der Waals surface area (Å²) in [6, 6.07) is 16.6. The zero-order valence-electron chi connectivity index (χ0n) is 13.4. The maximum Gasteiger partial charge on any atom is 0.330 e. The zero-order chi connectivity index (χ0) is 16.8. The third-order valence-corrected chi connectivity index (χ3v) is 3.93.